The molecule has 5 nitrogen and oxygen atoms in total. The van der Waals surface area contributed by atoms with E-state index in [0.717, 1.165) is 21.3 Å². The number of thioether (sulfide) groups is 1. The molecule has 1 amide bonds. The van der Waals surface area contributed by atoms with Crippen LogP contribution in [-0.2, 0) is 12.8 Å². The first-order valence-corrected chi connectivity index (χ1v) is 7.13. The minimum Gasteiger partial charge on any atom is -0.289 e. The topological polar surface area (TPSA) is 72.9 Å². The van der Waals surface area contributed by atoms with Gasteiger partial charge in [0.1, 0.15) is 0 Å². The van der Waals surface area contributed by atoms with Crippen molar-refractivity contribution in [1.82, 2.24) is 15.2 Å². The van der Waals surface area contributed by atoms with Crippen molar-refractivity contribution < 1.29 is 4.79 Å². The first-order valence-electron chi connectivity index (χ1n) is 5.33. The number of nitrogens with two attached hydrogens (primary N) is 1. The zero-order valence-electron chi connectivity index (χ0n) is 10.1. The van der Waals surface area contributed by atoms with Crippen molar-refractivity contribution in [3.05, 3.63) is 33.6 Å². The number of rotatable bonds is 4. The summed E-state index contributed by atoms with van der Waals surface area (Å²) >= 11 is 3.16. The average molecular weight is 282 g/mol. The molecule has 0 radical (unpaired) electrons. The molecule has 0 saturated carbocycles. The minimum absolute atomic E-state index is 0.243. The maximum absolute atomic E-state index is 11.3. The van der Waals surface area contributed by atoms with Crippen molar-refractivity contribution in [2.45, 2.75) is 17.7 Å². The Morgan fingerprint density at radius 2 is 2.39 bits per heavy atom. The third-order valence-electron chi connectivity index (χ3n) is 2.34. The number of carbonyl (C=O) groups excluding carboxylic acids is 1. The smallest absolute Gasteiger partial charge is 0.275 e. The summed E-state index contributed by atoms with van der Waals surface area (Å²) in [6.45, 7) is 1.97. The number of hydrogen-bond acceptors (Lipinski definition) is 5. The Labute approximate surface area is 113 Å². The number of hydrazine groups is 1. The Bertz CT molecular complexity index is 561. The maximum atomic E-state index is 11.3. The molecule has 7 heteroatoms. The highest BCUT2D eigenvalue weighted by atomic mass is 32.2. The summed E-state index contributed by atoms with van der Waals surface area (Å²) in [6.07, 6.45) is 0. The normalized spacial score (nSPS) is 10.6. The number of nitrogens with one attached hydrogen (secondary N) is 1. The fourth-order valence-electron chi connectivity index (χ4n) is 1.52. The van der Waals surface area contributed by atoms with Gasteiger partial charge in [0, 0.05) is 17.7 Å². The number of carbonyl (C=O) groups is 1. The minimum atomic E-state index is -0.243. The molecule has 2 aromatic rings. The van der Waals surface area contributed by atoms with Gasteiger partial charge in [0.2, 0.25) is 0 Å². The number of aromatic nitrogens is 2. The van der Waals surface area contributed by atoms with Crippen LogP contribution >= 0.6 is 23.1 Å². The molecule has 18 heavy (non-hydrogen) atoms. The second-order valence-electron chi connectivity index (χ2n) is 3.78. The van der Waals surface area contributed by atoms with Gasteiger partial charge < -0.3 is 0 Å². The second kappa shape index (κ2) is 5.55. The molecule has 2 rings (SSSR count). The van der Waals surface area contributed by atoms with Gasteiger partial charge in [-0.05, 0) is 25.1 Å². The number of thiophene rings is 1. The number of hydrogen-bond donors (Lipinski definition) is 2. The van der Waals surface area contributed by atoms with Crippen molar-refractivity contribution in [3.8, 4) is 0 Å². The van der Waals surface area contributed by atoms with E-state index in [4.69, 9.17) is 5.84 Å². The first-order chi connectivity index (χ1) is 8.60. The van der Waals surface area contributed by atoms with Crippen LogP contribution < -0.4 is 11.3 Å². The number of nitrogen functional groups attached to an aromatic ring is 1. The van der Waals surface area contributed by atoms with Crippen molar-refractivity contribution in [3.63, 3.8) is 0 Å². The molecule has 0 aliphatic carbocycles. The van der Waals surface area contributed by atoms with Crippen LogP contribution in [0.25, 0.3) is 0 Å². The molecule has 0 atom stereocenters. The van der Waals surface area contributed by atoms with E-state index in [-0.39, 0.29) is 5.91 Å². The van der Waals surface area contributed by atoms with Crippen LogP contribution in [0.2, 0.25) is 0 Å². The van der Waals surface area contributed by atoms with Crippen molar-refractivity contribution >= 4 is 29.0 Å². The largest absolute Gasteiger partial charge is 0.289 e. The molecule has 2 heterocycles. The molecule has 0 bridgehead atoms. The predicted octanol–water partition coefficient (Wildman–Crippen LogP) is 1.69. The molecule has 2 aromatic heterocycles. The summed E-state index contributed by atoms with van der Waals surface area (Å²) in [7, 11) is 1.93. The van der Waals surface area contributed by atoms with Crippen molar-refractivity contribution in [1.29, 1.82) is 0 Å². The van der Waals surface area contributed by atoms with Crippen LogP contribution in [0.3, 0.4) is 0 Å². The highest BCUT2D eigenvalue weighted by Crippen LogP contribution is 2.27. The SMILES string of the molecule is Cc1cc(SCc2ccc(C(=O)NN)s2)n(C)n1. The average Bonchev–Trinajstić information content (AvgIpc) is 2.92. The third kappa shape index (κ3) is 2.92. The molecule has 0 saturated heterocycles. The molecular weight excluding hydrogens is 268 g/mol. The van der Waals surface area contributed by atoms with Crippen LogP contribution in [0.1, 0.15) is 20.2 Å². The molecule has 0 fully saturated rings. The highest BCUT2D eigenvalue weighted by molar-refractivity contribution is 7.98. The maximum Gasteiger partial charge on any atom is 0.275 e. The number of nitrogens with zero attached hydrogens (tertiary/aromatic N) is 2. The van der Waals surface area contributed by atoms with Gasteiger partial charge in [-0.2, -0.15) is 5.10 Å². The van der Waals surface area contributed by atoms with Gasteiger partial charge in [-0.15, -0.1) is 23.1 Å². The predicted molar refractivity (Wildman–Crippen MR) is 73.5 cm³/mol. The van der Waals surface area contributed by atoms with E-state index in [9.17, 15) is 4.79 Å². The lowest BCUT2D eigenvalue weighted by Crippen LogP contribution is -2.29. The Balaban J connectivity index is 2.00. The summed E-state index contributed by atoms with van der Waals surface area (Å²) in [5, 5.41) is 5.41. The van der Waals surface area contributed by atoms with E-state index in [1.165, 1.54) is 11.3 Å². The number of amides is 1. The number of aryl methyl sites for hydroxylation is 2. The zero-order chi connectivity index (χ0) is 13.1. The van der Waals surface area contributed by atoms with Crippen molar-refractivity contribution in [2.75, 3.05) is 0 Å². The van der Waals surface area contributed by atoms with Gasteiger partial charge in [-0.3, -0.25) is 14.9 Å². The molecule has 0 aromatic carbocycles. The van der Waals surface area contributed by atoms with Gasteiger partial charge in [0.05, 0.1) is 15.6 Å². The van der Waals surface area contributed by atoms with Gasteiger partial charge in [0.25, 0.3) is 5.91 Å². The lowest BCUT2D eigenvalue weighted by Gasteiger charge is -1.99. The van der Waals surface area contributed by atoms with Crippen LogP contribution in [-0.4, -0.2) is 15.7 Å². The van der Waals surface area contributed by atoms with E-state index >= 15 is 0 Å². The van der Waals surface area contributed by atoms with Crippen molar-refractivity contribution in [2.24, 2.45) is 12.9 Å². The van der Waals surface area contributed by atoms with E-state index in [1.54, 1.807) is 17.8 Å². The second-order valence-corrected chi connectivity index (χ2v) is 5.94. The summed E-state index contributed by atoms with van der Waals surface area (Å²) in [6, 6.07) is 5.79. The van der Waals surface area contributed by atoms with Gasteiger partial charge in [-0.25, -0.2) is 5.84 Å². The quantitative estimate of drug-likeness (QED) is 0.387. The summed E-state index contributed by atoms with van der Waals surface area (Å²) in [5.41, 5.74) is 3.14. The summed E-state index contributed by atoms with van der Waals surface area (Å²) < 4.78 is 1.86. The monoisotopic (exact) mass is 282 g/mol. The van der Waals surface area contributed by atoms with Crippen LogP contribution in [0.4, 0.5) is 0 Å². The van der Waals surface area contributed by atoms with E-state index in [2.05, 4.69) is 10.5 Å². The molecule has 0 aliphatic heterocycles. The summed E-state index contributed by atoms with van der Waals surface area (Å²) in [5.74, 6) is 5.67. The zero-order valence-corrected chi connectivity index (χ0v) is 11.8. The molecule has 96 valence electrons. The Morgan fingerprint density at radius 3 is 3.00 bits per heavy atom. The van der Waals surface area contributed by atoms with E-state index in [1.807, 2.05) is 30.8 Å². The lowest BCUT2D eigenvalue weighted by molar-refractivity contribution is 0.0957. The Morgan fingerprint density at radius 1 is 1.61 bits per heavy atom. The standard InChI is InChI=1S/C11H14N4OS2/c1-7-5-10(15(2)14-7)17-6-8-3-4-9(18-8)11(16)13-12/h3-5H,6,12H2,1-2H3,(H,13,16). The lowest BCUT2D eigenvalue weighted by atomic mass is 10.4. The van der Waals surface area contributed by atoms with Gasteiger partial charge in [-0.1, -0.05) is 0 Å². The highest BCUT2D eigenvalue weighted by Gasteiger charge is 2.09. The van der Waals surface area contributed by atoms with Gasteiger partial charge in [0.15, 0.2) is 0 Å². The molecule has 0 aliphatic rings. The molecule has 0 unspecified atom stereocenters. The summed E-state index contributed by atoms with van der Waals surface area (Å²) in [4.78, 5) is 13.1. The van der Waals surface area contributed by atoms with Gasteiger partial charge >= 0.3 is 0 Å². The molecule has 0 spiro atoms. The van der Waals surface area contributed by atoms with E-state index in [0.29, 0.717) is 4.88 Å². The Hall–Kier alpha value is -1.31. The third-order valence-corrected chi connectivity index (χ3v) is 4.74. The van der Waals surface area contributed by atoms with Crippen LogP contribution in [0, 0.1) is 6.92 Å². The fourth-order valence-corrected chi connectivity index (χ4v) is 3.50. The van der Waals surface area contributed by atoms with Crippen LogP contribution in [0.5, 0.6) is 0 Å². The molecule has 3 N–H and O–H groups in total. The van der Waals surface area contributed by atoms with Crippen LogP contribution in [0.15, 0.2) is 23.2 Å². The molecular formula is C11H14N4OS2. The first kappa shape index (κ1) is 13.1. The van der Waals surface area contributed by atoms with E-state index < -0.39 is 0 Å². The fraction of sp³-hybridized carbons (Fsp3) is 0.273. The Kier molecular flexibility index (Phi) is 4.05.